The molecule has 0 saturated carbocycles. The molecule has 1 aliphatic rings. The Morgan fingerprint density at radius 2 is 2.10 bits per heavy atom. The molecule has 2 aromatic carbocycles. The summed E-state index contributed by atoms with van der Waals surface area (Å²) in [6.45, 7) is 0.656. The van der Waals surface area contributed by atoms with Crippen LogP contribution in [0.5, 0.6) is 23.0 Å². The van der Waals surface area contributed by atoms with Crippen LogP contribution in [0.15, 0.2) is 42.3 Å². The van der Waals surface area contributed by atoms with Gasteiger partial charge in [-0.25, -0.2) is 0 Å². The fourth-order valence-electron chi connectivity index (χ4n) is 3.48. The molecule has 0 atom stereocenters. The maximum atomic E-state index is 12.7. The number of carbonyl (C=O) groups is 1. The van der Waals surface area contributed by atoms with Crippen LogP contribution < -0.4 is 9.47 Å². The van der Waals surface area contributed by atoms with Gasteiger partial charge in [-0.1, -0.05) is 0 Å². The topological polar surface area (TPSA) is 105 Å². The Bertz CT molecular complexity index is 1200. The van der Waals surface area contributed by atoms with E-state index in [9.17, 15) is 15.0 Å². The minimum atomic E-state index is -0.453. The number of unbranched alkanes of at least 4 members (excludes halogenated alkanes) is 1. The van der Waals surface area contributed by atoms with E-state index in [1.54, 1.807) is 13.2 Å². The van der Waals surface area contributed by atoms with Crippen LogP contribution in [-0.4, -0.2) is 27.7 Å². The molecule has 0 radical (unpaired) electrons. The number of benzene rings is 2. The Kier molecular flexibility index (Phi) is 4.61. The molecule has 0 amide bonds. The standard InChI is InChI=1S/C22H18N2O5/c1-28-15-4-5-17-16(11-15)13(12-24(17)7-3-2-6-23)8-20-22(27)21-18(26)9-14(25)10-19(21)29-20/h4-5,8-12,25-26H,2-3,7H2,1H3. The van der Waals surface area contributed by atoms with Crippen LogP contribution in [0, 0.1) is 11.3 Å². The van der Waals surface area contributed by atoms with Crippen LogP contribution in [0.1, 0.15) is 28.8 Å². The van der Waals surface area contributed by atoms with E-state index in [1.807, 2.05) is 29.0 Å². The first-order chi connectivity index (χ1) is 14.0. The van der Waals surface area contributed by atoms with E-state index in [1.165, 1.54) is 6.07 Å². The maximum absolute atomic E-state index is 12.7. The number of phenolic OH excluding ortho intramolecular Hbond substituents is 2. The van der Waals surface area contributed by atoms with Gasteiger partial charge in [-0.2, -0.15) is 5.26 Å². The lowest BCUT2D eigenvalue weighted by molar-refractivity contribution is 0.101. The molecule has 29 heavy (non-hydrogen) atoms. The highest BCUT2D eigenvalue weighted by Gasteiger charge is 2.31. The Morgan fingerprint density at radius 3 is 2.86 bits per heavy atom. The average molecular weight is 390 g/mol. The van der Waals surface area contributed by atoms with Gasteiger partial charge in [0, 0.05) is 47.8 Å². The van der Waals surface area contributed by atoms with Crippen LogP contribution in [-0.2, 0) is 6.54 Å². The van der Waals surface area contributed by atoms with Gasteiger partial charge in [0.05, 0.1) is 13.2 Å². The van der Waals surface area contributed by atoms with Gasteiger partial charge in [0.2, 0.25) is 5.78 Å². The number of carbonyl (C=O) groups excluding carboxylic acids is 1. The van der Waals surface area contributed by atoms with Crippen LogP contribution in [0.2, 0.25) is 0 Å². The SMILES string of the molecule is COc1ccc2c(c1)c(C=C1Oc3cc(O)cc(O)c3C1=O)cn2CCCC#N. The second kappa shape index (κ2) is 7.24. The van der Waals surface area contributed by atoms with E-state index < -0.39 is 5.78 Å². The molecular formula is C22H18N2O5. The minimum Gasteiger partial charge on any atom is -0.508 e. The van der Waals surface area contributed by atoms with Gasteiger partial charge < -0.3 is 24.3 Å². The van der Waals surface area contributed by atoms with Gasteiger partial charge >= 0.3 is 0 Å². The smallest absolute Gasteiger partial charge is 0.235 e. The number of rotatable bonds is 5. The number of methoxy groups -OCH3 is 1. The summed E-state index contributed by atoms with van der Waals surface area (Å²) in [5.41, 5.74) is 1.72. The van der Waals surface area contributed by atoms with Gasteiger partial charge in [-0.05, 0) is 30.7 Å². The third-order valence-electron chi connectivity index (χ3n) is 4.83. The molecule has 2 heterocycles. The average Bonchev–Trinajstić information content (AvgIpc) is 3.19. The number of nitriles is 1. The number of hydrogen-bond acceptors (Lipinski definition) is 6. The van der Waals surface area contributed by atoms with E-state index in [0.717, 1.165) is 22.5 Å². The summed E-state index contributed by atoms with van der Waals surface area (Å²) < 4.78 is 13.0. The van der Waals surface area contributed by atoms with Gasteiger partial charge in [-0.3, -0.25) is 4.79 Å². The van der Waals surface area contributed by atoms with Crippen molar-refractivity contribution >= 4 is 22.8 Å². The molecule has 4 rings (SSSR count). The number of fused-ring (bicyclic) bond motifs is 2. The molecule has 0 fully saturated rings. The number of aromatic nitrogens is 1. The first-order valence-corrected chi connectivity index (χ1v) is 9.06. The second-order valence-electron chi connectivity index (χ2n) is 6.70. The second-order valence-corrected chi connectivity index (χ2v) is 6.70. The Hall–Kier alpha value is -3.92. The molecule has 0 unspecified atom stereocenters. The molecule has 3 aromatic rings. The number of ketones is 1. The molecule has 0 saturated heterocycles. The zero-order valence-electron chi connectivity index (χ0n) is 15.7. The monoisotopic (exact) mass is 390 g/mol. The molecule has 1 aliphatic heterocycles. The fraction of sp³-hybridized carbons (Fsp3) is 0.182. The number of aryl methyl sites for hydroxylation is 1. The van der Waals surface area contributed by atoms with Crippen molar-refractivity contribution in [3.63, 3.8) is 0 Å². The van der Waals surface area contributed by atoms with Gasteiger partial charge in [-0.15, -0.1) is 0 Å². The van der Waals surface area contributed by atoms with Crippen molar-refractivity contribution < 1.29 is 24.5 Å². The van der Waals surface area contributed by atoms with Crippen molar-refractivity contribution in [3.05, 3.63) is 53.4 Å². The Morgan fingerprint density at radius 1 is 1.28 bits per heavy atom. The molecule has 2 N–H and O–H groups in total. The predicted octanol–water partition coefficient (Wildman–Crippen LogP) is 3.98. The van der Waals surface area contributed by atoms with E-state index in [-0.39, 0.29) is 28.6 Å². The zero-order chi connectivity index (χ0) is 20.5. The van der Waals surface area contributed by atoms with Crippen LogP contribution in [0.25, 0.3) is 17.0 Å². The molecule has 0 spiro atoms. The summed E-state index contributed by atoms with van der Waals surface area (Å²) in [5, 5.41) is 29.3. The fourth-order valence-corrected chi connectivity index (χ4v) is 3.48. The molecule has 1 aromatic heterocycles. The van der Waals surface area contributed by atoms with E-state index >= 15 is 0 Å². The summed E-state index contributed by atoms with van der Waals surface area (Å²) in [4.78, 5) is 12.7. The summed E-state index contributed by atoms with van der Waals surface area (Å²) in [5.74, 6) is -0.112. The number of allylic oxidation sites excluding steroid dienone is 1. The largest absolute Gasteiger partial charge is 0.508 e. The molecule has 0 bridgehead atoms. The number of aromatic hydroxyl groups is 2. The normalized spacial score (nSPS) is 14.1. The van der Waals surface area contributed by atoms with E-state index in [4.69, 9.17) is 14.7 Å². The molecular weight excluding hydrogens is 372 g/mol. The summed E-state index contributed by atoms with van der Waals surface area (Å²) in [6, 6.07) is 10.2. The van der Waals surface area contributed by atoms with Crippen molar-refractivity contribution in [3.8, 4) is 29.1 Å². The first-order valence-electron chi connectivity index (χ1n) is 9.06. The van der Waals surface area contributed by atoms with Gasteiger partial charge in [0.1, 0.15) is 28.6 Å². The highest BCUT2D eigenvalue weighted by Crippen LogP contribution is 2.41. The van der Waals surface area contributed by atoms with Crippen LogP contribution in [0.3, 0.4) is 0 Å². The van der Waals surface area contributed by atoms with Crippen molar-refractivity contribution in [2.45, 2.75) is 19.4 Å². The molecule has 7 heteroatoms. The highest BCUT2D eigenvalue weighted by molar-refractivity contribution is 6.16. The number of phenols is 2. The third kappa shape index (κ3) is 3.25. The molecule has 7 nitrogen and oxygen atoms in total. The number of nitrogens with zero attached hydrogens (tertiary/aromatic N) is 2. The van der Waals surface area contributed by atoms with Crippen LogP contribution >= 0.6 is 0 Å². The lowest BCUT2D eigenvalue weighted by Gasteiger charge is -2.04. The molecule has 0 aliphatic carbocycles. The lowest BCUT2D eigenvalue weighted by Crippen LogP contribution is -1.98. The van der Waals surface area contributed by atoms with Crippen LogP contribution in [0.4, 0.5) is 0 Å². The molecule has 146 valence electrons. The van der Waals surface area contributed by atoms with Crippen molar-refractivity contribution in [2.75, 3.05) is 7.11 Å². The summed E-state index contributed by atoms with van der Waals surface area (Å²) >= 11 is 0. The van der Waals surface area contributed by atoms with E-state index in [2.05, 4.69) is 6.07 Å². The number of hydrogen-bond donors (Lipinski definition) is 2. The minimum absolute atomic E-state index is 0.0318. The zero-order valence-corrected chi connectivity index (χ0v) is 15.7. The lowest BCUT2D eigenvalue weighted by atomic mass is 10.1. The summed E-state index contributed by atoms with van der Waals surface area (Å²) in [7, 11) is 1.58. The maximum Gasteiger partial charge on any atom is 0.235 e. The van der Waals surface area contributed by atoms with Crippen molar-refractivity contribution in [1.29, 1.82) is 5.26 Å². The first kappa shape index (κ1) is 18.4. The third-order valence-corrected chi connectivity index (χ3v) is 4.83. The number of ether oxygens (including phenoxy) is 2. The predicted molar refractivity (Wildman–Crippen MR) is 106 cm³/mol. The Balaban J connectivity index is 1.78. The van der Waals surface area contributed by atoms with Crippen molar-refractivity contribution in [2.24, 2.45) is 0 Å². The van der Waals surface area contributed by atoms with Gasteiger partial charge in [0.15, 0.2) is 5.76 Å². The highest BCUT2D eigenvalue weighted by atomic mass is 16.5. The summed E-state index contributed by atoms with van der Waals surface area (Å²) in [6.07, 6.45) is 4.66. The van der Waals surface area contributed by atoms with Gasteiger partial charge in [0.25, 0.3) is 0 Å². The van der Waals surface area contributed by atoms with E-state index in [0.29, 0.717) is 25.1 Å². The van der Waals surface area contributed by atoms with Crippen molar-refractivity contribution in [1.82, 2.24) is 4.57 Å². The quantitative estimate of drug-likeness (QED) is 0.504. The Labute approximate surface area is 166 Å². The number of Topliss-reactive ketones (excluding diaryl/α,β-unsaturated/α-hetero) is 1.